The molecule has 2 N–H and O–H groups in total. The Labute approximate surface area is 127 Å². The normalized spacial score (nSPS) is 21.9. The Morgan fingerprint density at radius 2 is 2.25 bits per heavy atom. The van der Waals surface area contributed by atoms with Crippen LogP contribution < -0.4 is 10.6 Å². The van der Waals surface area contributed by atoms with Gasteiger partial charge in [-0.2, -0.15) is 0 Å². The predicted molar refractivity (Wildman–Crippen MR) is 77.1 cm³/mol. The molecular weight excluding hydrogens is 303 g/mol. The van der Waals surface area contributed by atoms with Crippen molar-refractivity contribution in [2.24, 2.45) is 5.92 Å². The second-order valence-corrected chi connectivity index (χ2v) is 5.26. The SMILES string of the molecule is CCCNC1COCC1C(=O)Nc1ncnc(Cl)c1Cl. The molecule has 2 heterocycles. The first-order valence-corrected chi connectivity index (χ1v) is 7.17. The highest BCUT2D eigenvalue weighted by Crippen LogP contribution is 2.26. The molecule has 0 radical (unpaired) electrons. The van der Waals surface area contributed by atoms with Crippen LogP contribution in [0, 0.1) is 5.92 Å². The molecule has 2 atom stereocenters. The number of carbonyl (C=O) groups excluding carboxylic acids is 1. The van der Waals surface area contributed by atoms with Crippen molar-refractivity contribution in [2.45, 2.75) is 19.4 Å². The Morgan fingerprint density at radius 1 is 1.45 bits per heavy atom. The molecule has 0 spiro atoms. The van der Waals surface area contributed by atoms with Crippen LogP contribution >= 0.6 is 23.2 Å². The van der Waals surface area contributed by atoms with Crippen molar-refractivity contribution in [2.75, 3.05) is 25.1 Å². The summed E-state index contributed by atoms with van der Waals surface area (Å²) < 4.78 is 5.36. The first kappa shape index (κ1) is 15.4. The van der Waals surface area contributed by atoms with Crippen molar-refractivity contribution in [3.05, 3.63) is 16.5 Å². The third-order valence-electron chi connectivity index (χ3n) is 3.06. The van der Waals surface area contributed by atoms with Gasteiger partial charge in [-0.25, -0.2) is 9.97 Å². The van der Waals surface area contributed by atoms with E-state index in [9.17, 15) is 4.79 Å². The molecule has 1 amide bonds. The topological polar surface area (TPSA) is 76.1 Å². The van der Waals surface area contributed by atoms with Gasteiger partial charge < -0.3 is 15.4 Å². The Balaban J connectivity index is 2.02. The zero-order valence-corrected chi connectivity index (χ0v) is 12.5. The van der Waals surface area contributed by atoms with Crippen molar-refractivity contribution in [1.29, 1.82) is 0 Å². The number of nitrogens with one attached hydrogen (secondary N) is 2. The fourth-order valence-corrected chi connectivity index (χ4v) is 2.27. The standard InChI is InChI=1S/C12H16Cl2N4O2/c1-2-3-15-8-5-20-4-7(8)12(19)18-11-9(13)10(14)16-6-17-11/h6-8,15H,2-5H2,1H3,(H,16,17,18,19). The van der Waals surface area contributed by atoms with Gasteiger partial charge in [0.05, 0.1) is 19.1 Å². The maximum absolute atomic E-state index is 12.3. The summed E-state index contributed by atoms with van der Waals surface area (Å²) in [5, 5.41) is 6.22. The number of ether oxygens (including phenoxy) is 1. The number of hydrogen-bond acceptors (Lipinski definition) is 5. The summed E-state index contributed by atoms with van der Waals surface area (Å²) in [6, 6.07) is 0.00559. The van der Waals surface area contributed by atoms with Crippen LogP contribution in [-0.2, 0) is 9.53 Å². The fraction of sp³-hybridized carbons (Fsp3) is 0.583. The largest absolute Gasteiger partial charge is 0.379 e. The zero-order chi connectivity index (χ0) is 14.5. The van der Waals surface area contributed by atoms with E-state index in [-0.39, 0.29) is 33.9 Å². The van der Waals surface area contributed by atoms with Crippen LogP contribution in [-0.4, -0.2) is 41.7 Å². The summed E-state index contributed by atoms with van der Waals surface area (Å²) in [5.41, 5.74) is 0. The first-order chi connectivity index (χ1) is 9.63. The van der Waals surface area contributed by atoms with Crippen LogP contribution in [0.4, 0.5) is 5.82 Å². The van der Waals surface area contributed by atoms with Crippen molar-refractivity contribution >= 4 is 34.9 Å². The summed E-state index contributed by atoms with van der Waals surface area (Å²) in [7, 11) is 0. The molecule has 1 aromatic rings. The molecule has 110 valence electrons. The van der Waals surface area contributed by atoms with Gasteiger partial charge in [0, 0.05) is 6.04 Å². The van der Waals surface area contributed by atoms with Gasteiger partial charge in [-0.1, -0.05) is 30.1 Å². The highest BCUT2D eigenvalue weighted by molar-refractivity contribution is 6.42. The van der Waals surface area contributed by atoms with Gasteiger partial charge in [-0.3, -0.25) is 4.79 Å². The van der Waals surface area contributed by atoms with E-state index in [0.29, 0.717) is 13.2 Å². The van der Waals surface area contributed by atoms with Gasteiger partial charge in [0.2, 0.25) is 5.91 Å². The average Bonchev–Trinajstić information content (AvgIpc) is 2.90. The molecule has 0 aromatic carbocycles. The number of hydrogen-bond donors (Lipinski definition) is 2. The Bertz CT molecular complexity index is 487. The van der Waals surface area contributed by atoms with Gasteiger partial charge in [-0.15, -0.1) is 0 Å². The Kier molecular flexibility index (Phi) is 5.54. The number of rotatable bonds is 5. The minimum atomic E-state index is -0.272. The highest BCUT2D eigenvalue weighted by atomic mass is 35.5. The van der Waals surface area contributed by atoms with Crippen molar-refractivity contribution in [1.82, 2.24) is 15.3 Å². The molecule has 1 aliphatic heterocycles. The summed E-state index contributed by atoms with van der Waals surface area (Å²) >= 11 is 11.7. The lowest BCUT2D eigenvalue weighted by Crippen LogP contribution is -2.41. The van der Waals surface area contributed by atoms with E-state index in [1.165, 1.54) is 6.33 Å². The molecule has 2 unspecified atom stereocenters. The van der Waals surface area contributed by atoms with Gasteiger partial charge >= 0.3 is 0 Å². The molecular formula is C12H16Cl2N4O2. The van der Waals surface area contributed by atoms with Crippen LogP contribution in [0.25, 0.3) is 0 Å². The monoisotopic (exact) mass is 318 g/mol. The minimum absolute atomic E-state index is 0.00559. The third-order valence-corrected chi connectivity index (χ3v) is 3.80. The maximum atomic E-state index is 12.3. The Hall–Kier alpha value is -0.950. The second kappa shape index (κ2) is 7.17. The lowest BCUT2D eigenvalue weighted by Gasteiger charge is -2.18. The molecule has 1 fully saturated rings. The van der Waals surface area contributed by atoms with Gasteiger partial charge in [0.1, 0.15) is 11.3 Å². The molecule has 0 aliphatic carbocycles. The smallest absolute Gasteiger partial charge is 0.232 e. The molecule has 1 saturated heterocycles. The van der Waals surface area contributed by atoms with Gasteiger partial charge in [0.25, 0.3) is 0 Å². The van der Waals surface area contributed by atoms with Crippen LogP contribution in [0.15, 0.2) is 6.33 Å². The maximum Gasteiger partial charge on any atom is 0.232 e. The second-order valence-electron chi connectivity index (χ2n) is 4.52. The zero-order valence-electron chi connectivity index (χ0n) is 11.0. The van der Waals surface area contributed by atoms with E-state index in [4.69, 9.17) is 27.9 Å². The molecule has 0 saturated carbocycles. The molecule has 8 heteroatoms. The van der Waals surface area contributed by atoms with E-state index in [0.717, 1.165) is 13.0 Å². The number of amides is 1. The summed E-state index contributed by atoms with van der Waals surface area (Å²) in [4.78, 5) is 19.9. The van der Waals surface area contributed by atoms with Crippen LogP contribution in [0.2, 0.25) is 10.2 Å². The summed E-state index contributed by atoms with van der Waals surface area (Å²) in [5.74, 6) is -0.239. The van der Waals surface area contributed by atoms with E-state index >= 15 is 0 Å². The van der Waals surface area contributed by atoms with E-state index < -0.39 is 0 Å². The van der Waals surface area contributed by atoms with Crippen molar-refractivity contribution in [3.63, 3.8) is 0 Å². The van der Waals surface area contributed by atoms with Crippen LogP contribution in [0.3, 0.4) is 0 Å². The fourth-order valence-electron chi connectivity index (χ4n) is 1.99. The van der Waals surface area contributed by atoms with Crippen LogP contribution in [0.5, 0.6) is 0 Å². The van der Waals surface area contributed by atoms with E-state index in [2.05, 4.69) is 27.5 Å². The number of carbonyl (C=O) groups is 1. The first-order valence-electron chi connectivity index (χ1n) is 6.41. The lowest BCUT2D eigenvalue weighted by atomic mass is 10.0. The number of anilines is 1. The molecule has 1 aromatic heterocycles. The number of nitrogens with zero attached hydrogens (tertiary/aromatic N) is 2. The van der Waals surface area contributed by atoms with Crippen LogP contribution in [0.1, 0.15) is 13.3 Å². The predicted octanol–water partition coefficient (Wildman–Crippen LogP) is 1.74. The van der Waals surface area contributed by atoms with Gasteiger partial charge in [0.15, 0.2) is 11.0 Å². The van der Waals surface area contributed by atoms with E-state index in [1.54, 1.807) is 0 Å². The van der Waals surface area contributed by atoms with Crippen molar-refractivity contribution in [3.8, 4) is 0 Å². The van der Waals surface area contributed by atoms with Gasteiger partial charge in [-0.05, 0) is 13.0 Å². The molecule has 6 nitrogen and oxygen atoms in total. The minimum Gasteiger partial charge on any atom is -0.379 e. The quantitative estimate of drug-likeness (QED) is 0.809. The van der Waals surface area contributed by atoms with Crippen molar-refractivity contribution < 1.29 is 9.53 Å². The average molecular weight is 319 g/mol. The highest BCUT2D eigenvalue weighted by Gasteiger charge is 2.34. The lowest BCUT2D eigenvalue weighted by molar-refractivity contribution is -0.120. The van der Waals surface area contributed by atoms with E-state index in [1.807, 2.05) is 0 Å². The molecule has 1 aliphatic rings. The number of aromatic nitrogens is 2. The summed E-state index contributed by atoms with van der Waals surface area (Å²) in [6.45, 7) is 3.82. The molecule has 20 heavy (non-hydrogen) atoms. The third kappa shape index (κ3) is 3.58. The Morgan fingerprint density at radius 3 is 3.00 bits per heavy atom. The molecule has 0 bridgehead atoms. The number of halogens is 2. The molecule has 2 rings (SSSR count). The summed E-state index contributed by atoms with van der Waals surface area (Å²) in [6.07, 6.45) is 2.25.